The zero-order valence-corrected chi connectivity index (χ0v) is 16.5. The van der Waals surface area contributed by atoms with E-state index in [2.05, 4.69) is 10.6 Å². The van der Waals surface area contributed by atoms with Crippen molar-refractivity contribution >= 4 is 23.2 Å². The van der Waals surface area contributed by atoms with Gasteiger partial charge in [-0.05, 0) is 79.7 Å². The van der Waals surface area contributed by atoms with Crippen LogP contribution >= 0.6 is 0 Å². The number of rotatable bonds is 7. The van der Waals surface area contributed by atoms with Crippen LogP contribution in [0.4, 0.5) is 15.8 Å². The van der Waals surface area contributed by atoms with Crippen molar-refractivity contribution < 1.29 is 23.5 Å². The van der Waals surface area contributed by atoms with Gasteiger partial charge in [-0.3, -0.25) is 9.59 Å². The second-order valence-electron chi connectivity index (χ2n) is 6.46. The summed E-state index contributed by atoms with van der Waals surface area (Å²) < 4.78 is 23.6. The molecule has 0 fully saturated rings. The molecule has 0 aliphatic heterocycles. The van der Waals surface area contributed by atoms with Crippen molar-refractivity contribution in [1.82, 2.24) is 0 Å². The van der Waals surface area contributed by atoms with E-state index in [1.807, 2.05) is 0 Å². The first kappa shape index (κ1) is 20.9. The Bertz CT molecular complexity index is 1000. The van der Waals surface area contributed by atoms with E-state index in [1.165, 1.54) is 24.3 Å². The fraction of sp³-hybridized carbons (Fsp3) is 0.130. The summed E-state index contributed by atoms with van der Waals surface area (Å²) in [6.45, 7) is 1.60. The first-order valence-electron chi connectivity index (χ1n) is 9.23. The average molecular weight is 408 g/mol. The second kappa shape index (κ2) is 9.56. The van der Waals surface area contributed by atoms with E-state index < -0.39 is 6.10 Å². The van der Waals surface area contributed by atoms with E-state index in [0.717, 1.165) is 0 Å². The zero-order chi connectivity index (χ0) is 21.5. The molecule has 0 aliphatic carbocycles. The summed E-state index contributed by atoms with van der Waals surface area (Å²) in [5.74, 6) is 0.120. The molecule has 0 heterocycles. The number of carbonyl (C=O) groups excluding carboxylic acids is 2. The van der Waals surface area contributed by atoms with Crippen molar-refractivity contribution in [3.63, 3.8) is 0 Å². The van der Waals surface area contributed by atoms with Gasteiger partial charge in [0.1, 0.15) is 17.3 Å². The van der Waals surface area contributed by atoms with Gasteiger partial charge in [0.15, 0.2) is 6.10 Å². The summed E-state index contributed by atoms with van der Waals surface area (Å²) in [5, 5.41) is 5.44. The number of amides is 2. The second-order valence-corrected chi connectivity index (χ2v) is 6.46. The lowest BCUT2D eigenvalue weighted by atomic mass is 10.2. The number of hydrogen-bond acceptors (Lipinski definition) is 4. The van der Waals surface area contributed by atoms with Crippen molar-refractivity contribution in [1.29, 1.82) is 0 Å². The lowest BCUT2D eigenvalue weighted by Gasteiger charge is -2.15. The Balaban J connectivity index is 1.55. The van der Waals surface area contributed by atoms with E-state index in [1.54, 1.807) is 62.6 Å². The molecule has 2 N–H and O–H groups in total. The lowest BCUT2D eigenvalue weighted by Crippen LogP contribution is -2.30. The highest BCUT2D eigenvalue weighted by Crippen LogP contribution is 2.18. The predicted molar refractivity (Wildman–Crippen MR) is 113 cm³/mol. The zero-order valence-electron chi connectivity index (χ0n) is 16.5. The lowest BCUT2D eigenvalue weighted by molar-refractivity contribution is -0.122. The summed E-state index contributed by atoms with van der Waals surface area (Å²) in [6.07, 6.45) is -0.783. The van der Waals surface area contributed by atoms with Crippen molar-refractivity contribution in [2.75, 3.05) is 17.7 Å². The quantitative estimate of drug-likeness (QED) is 0.604. The highest BCUT2D eigenvalue weighted by molar-refractivity contribution is 6.04. The molecule has 154 valence electrons. The Labute approximate surface area is 173 Å². The van der Waals surface area contributed by atoms with Crippen LogP contribution in [0.15, 0.2) is 72.8 Å². The smallest absolute Gasteiger partial charge is 0.265 e. The van der Waals surface area contributed by atoms with Gasteiger partial charge >= 0.3 is 0 Å². The molecule has 0 saturated heterocycles. The third-order valence-electron chi connectivity index (χ3n) is 4.26. The molecule has 0 radical (unpaired) electrons. The molecule has 0 aliphatic rings. The van der Waals surface area contributed by atoms with Gasteiger partial charge in [-0.15, -0.1) is 0 Å². The molecule has 0 bridgehead atoms. The standard InChI is InChI=1S/C23H21FN2O4/c1-15(22(27)25-18-7-5-17(24)6-8-18)30-21-11-3-16(4-12-21)23(28)26-19-9-13-20(29-2)14-10-19/h3-15H,1-2H3,(H,25,27)(H,26,28)/t15-/m0/s1. The fourth-order valence-electron chi connectivity index (χ4n) is 2.60. The SMILES string of the molecule is COc1ccc(NC(=O)c2ccc(O[C@@H](C)C(=O)Nc3ccc(F)cc3)cc2)cc1. The maximum atomic E-state index is 12.9. The number of nitrogens with one attached hydrogen (secondary N) is 2. The van der Waals surface area contributed by atoms with Crippen LogP contribution in [-0.2, 0) is 4.79 Å². The molecule has 3 rings (SSSR count). The molecule has 30 heavy (non-hydrogen) atoms. The number of hydrogen-bond donors (Lipinski definition) is 2. The van der Waals surface area contributed by atoms with Crippen LogP contribution in [0, 0.1) is 5.82 Å². The molecular weight excluding hydrogens is 387 g/mol. The van der Waals surface area contributed by atoms with Gasteiger partial charge in [0, 0.05) is 16.9 Å². The van der Waals surface area contributed by atoms with E-state index in [0.29, 0.717) is 28.4 Å². The van der Waals surface area contributed by atoms with Crippen LogP contribution in [0.25, 0.3) is 0 Å². The number of methoxy groups -OCH3 is 1. The van der Waals surface area contributed by atoms with Crippen LogP contribution in [0.5, 0.6) is 11.5 Å². The van der Waals surface area contributed by atoms with Gasteiger partial charge in [-0.2, -0.15) is 0 Å². The number of benzene rings is 3. The van der Waals surface area contributed by atoms with Gasteiger partial charge in [0.25, 0.3) is 11.8 Å². The van der Waals surface area contributed by atoms with E-state index in [-0.39, 0.29) is 17.6 Å². The minimum atomic E-state index is -0.783. The molecular formula is C23H21FN2O4. The number of halogens is 1. The molecule has 2 amide bonds. The van der Waals surface area contributed by atoms with Crippen LogP contribution in [0.1, 0.15) is 17.3 Å². The molecule has 0 aromatic heterocycles. The average Bonchev–Trinajstić information content (AvgIpc) is 2.76. The summed E-state index contributed by atoms with van der Waals surface area (Å²) in [4.78, 5) is 24.6. The molecule has 6 nitrogen and oxygen atoms in total. The molecule has 0 saturated carbocycles. The highest BCUT2D eigenvalue weighted by Gasteiger charge is 2.15. The van der Waals surface area contributed by atoms with Crippen LogP contribution in [-0.4, -0.2) is 25.0 Å². The van der Waals surface area contributed by atoms with Gasteiger partial charge in [-0.1, -0.05) is 0 Å². The predicted octanol–water partition coefficient (Wildman–Crippen LogP) is 4.49. The van der Waals surface area contributed by atoms with Gasteiger partial charge < -0.3 is 20.1 Å². The van der Waals surface area contributed by atoms with E-state index in [4.69, 9.17) is 9.47 Å². The molecule has 3 aromatic rings. The normalized spacial score (nSPS) is 11.3. The summed E-state index contributed by atoms with van der Waals surface area (Å²) in [7, 11) is 1.57. The highest BCUT2D eigenvalue weighted by atomic mass is 19.1. The summed E-state index contributed by atoms with van der Waals surface area (Å²) in [6, 6.07) is 18.9. The third-order valence-corrected chi connectivity index (χ3v) is 4.26. The maximum absolute atomic E-state index is 12.9. The van der Waals surface area contributed by atoms with Crippen LogP contribution in [0.3, 0.4) is 0 Å². The van der Waals surface area contributed by atoms with Crippen molar-refractivity contribution in [2.45, 2.75) is 13.0 Å². The van der Waals surface area contributed by atoms with E-state index >= 15 is 0 Å². The number of ether oxygens (including phenoxy) is 2. The van der Waals surface area contributed by atoms with Crippen molar-refractivity contribution in [2.24, 2.45) is 0 Å². The summed E-state index contributed by atoms with van der Waals surface area (Å²) in [5.41, 5.74) is 1.57. The first-order chi connectivity index (χ1) is 14.4. The molecule has 1 atom stereocenters. The fourth-order valence-corrected chi connectivity index (χ4v) is 2.60. The molecule has 3 aromatic carbocycles. The maximum Gasteiger partial charge on any atom is 0.265 e. The Morgan fingerprint density at radius 3 is 1.93 bits per heavy atom. The topological polar surface area (TPSA) is 76.7 Å². The van der Waals surface area contributed by atoms with Crippen LogP contribution < -0.4 is 20.1 Å². The number of anilines is 2. The monoisotopic (exact) mass is 408 g/mol. The largest absolute Gasteiger partial charge is 0.497 e. The van der Waals surface area contributed by atoms with Crippen molar-refractivity contribution in [3.8, 4) is 11.5 Å². The minimum absolute atomic E-state index is 0.270. The minimum Gasteiger partial charge on any atom is -0.497 e. The number of carbonyl (C=O) groups is 2. The Morgan fingerprint density at radius 2 is 1.33 bits per heavy atom. The Kier molecular flexibility index (Phi) is 6.64. The Morgan fingerprint density at radius 1 is 0.800 bits per heavy atom. The first-order valence-corrected chi connectivity index (χ1v) is 9.23. The van der Waals surface area contributed by atoms with Crippen molar-refractivity contribution in [3.05, 3.63) is 84.2 Å². The van der Waals surface area contributed by atoms with E-state index in [9.17, 15) is 14.0 Å². The Hall–Kier alpha value is -3.87. The van der Waals surface area contributed by atoms with Gasteiger partial charge in [-0.25, -0.2) is 4.39 Å². The molecule has 0 spiro atoms. The molecule has 7 heteroatoms. The van der Waals surface area contributed by atoms with Gasteiger partial charge in [0.2, 0.25) is 0 Å². The van der Waals surface area contributed by atoms with Gasteiger partial charge in [0.05, 0.1) is 7.11 Å². The van der Waals surface area contributed by atoms with Crippen LogP contribution in [0.2, 0.25) is 0 Å². The summed E-state index contributed by atoms with van der Waals surface area (Å²) >= 11 is 0. The third kappa shape index (κ3) is 5.57. The molecule has 0 unspecified atom stereocenters.